The predicted octanol–water partition coefficient (Wildman–Crippen LogP) is 1.24. The van der Waals surface area contributed by atoms with Crippen LogP contribution in [0.15, 0.2) is 0 Å². The second-order valence-electron chi connectivity index (χ2n) is 4.92. The summed E-state index contributed by atoms with van der Waals surface area (Å²) in [6, 6.07) is 0.339. The minimum atomic E-state index is -0.274. The highest BCUT2D eigenvalue weighted by molar-refractivity contribution is 5.82. The first-order chi connectivity index (χ1) is 6.46. The smallest absolute Gasteiger partial charge is 0.229 e. The van der Waals surface area contributed by atoms with Gasteiger partial charge in [0.05, 0.1) is 5.41 Å². The maximum Gasteiger partial charge on any atom is 0.229 e. The van der Waals surface area contributed by atoms with E-state index in [1.165, 1.54) is 12.8 Å². The number of amides is 1. The molecule has 3 nitrogen and oxygen atoms in total. The molecule has 0 aliphatic carbocycles. The van der Waals surface area contributed by atoms with Crippen molar-refractivity contribution in [2.75, 3.05) is 20.6 Å². The van der Waals surface area contributed by atoms with E-state index in [0.717, 1.165) is 13.0 Å². The fourth-order valence-electron chi connectivity index (χ4n) is 2.19. The summed E-state index contributed by atoms with van der Waals surface area (Å²) in [7, 11) is 3.65. The van der Waals surface area contributed by atoms with Gasteiger partial charge in [-0.25, -0.2) is 0 Å². The number of carbonyl (C=O) groups is 1. The molecule has 1 unspecified atom stereocenters. The van der Waals surface area contributed by atoms with Gasteiger partial charge in [0.15, 0.2) is 0 Å². The Morgan fingerprint density at radius 1 is 1.36 bits per heavy atom. The largest absolute Gasteiger partial charge is 0.348 e. The van der Waals surface area contributed by atoms with Gasteiger partial charge in [0.2, 0.25) is 5.91 Å². The molecule has 1 atom stereocenters. The predicted molar refractivity (Wildman–Crippen MR) is 58.1 cm³/mol. The summed E-state index contributed by atoms with van der Waals surface area (Å²) in [5.41, 5.74) is -0.274. The Balaban J connectivity index is 2.66. The number of rotatable bonds is 2. The highest BCUT2D eigenvalue weighted by Crippen LogP contribution is 2.28. The lowest BCUT2D eigenvalue weighted by Crippen LogP contribution is -2.52. The maximum absolute atomic E-state index is 11.9. The van der Waals surface area contributed by atoms with Crippen molar-refractivity contribution in [2.24, 2.45) is 5.41 Å². The number of hydrogen-bond donors (Lipinski definition) is 1. The molecule has 0 saturated carbocycles. The van der Waals surface area contributed by atoms with Gasteiger partial charge in [0, 0.05) is 20.1 Å². The molecule has 1 rings (SSSR count). The second-order valence-corrected chi connectivity index (χ2v) is 4.92. The van der Waals surface area contributed by atoms with E-state index in [2.05, 4.69) is 5.32 Å². The zero-order valence-corrected chi connectivity index (χ0v) is 9.76. The van der Waals surface area contributed by atoms with Gasteiger partial charge in [-0.2, -0.15) is 0 Å². The van der Waals surface area contributed by atoms with Crippen LogP contribution in [0.2, 0.25) is 0 Å². The molecule has 0 bridgehead atoms. The van der Waals surface area contributed by atoms with E-state index in [4.69, 9.17) is 0 Å². The molecule has 0 aromatic carbocycles. The van der Waals surface area contributed by atoms with Gasteiger partial charge in [0.1, 0.15) is 0 Å². The molecule has 1 saturated heterocycles. The first-order valence-corrected chi connectivity index (χ1v) is 5.41. The zero-order valence-electron chi connectivity index (χ0n) is 9.76. The van der Waals surface area contributed by atoms with Gasteiger partial charge < -0.3 is 10.2 Å². The lowest BCUT2D eigenvalue weighted by molar-refractivity contribution is -0.139. The summed E-state index contributed by atoms with van der Waals surface area (Å²) in [6.45, 7) is 5.13. The molecule has 0 aromatic heterocycles. The van der Waals surface area contributed by atoms with Crippen LogP contribution in [-0.4, -0.2) is 37.5 Å². The average molecular weight is 198 g/mol. The Labute approximate surface area is 86.9 Å². The summed E-state index contributed by atoms with van der Waals surface area (Å²) in [4.78, 5) is 13.6. The molecule has 0 radical (unpaired) electrons. The Kier molecular flexibility index (Phi) is 3.53. The van der Waals surface area contributed by atoms with Gasteiger partial charge in [-0.05, 0) is 33.2 Å². The average Bonchev–Trinajstić information content (AvgIpc) is 2.18. The van der Waals surface area contributed by atoms with Gasteiger partial charge in [-0.15, -0.1) is 0 Å². The Morgan fingerprint density at radius 3 is 2.43 bits per heavy atom. The standard InChI is InChI=1S/C11H22N2O/c1-11(2,10(14)13(3)4)9-7-5-6-8-12-9/h9,12H,5-8H2,1-4H3. The van der Waals surface area contributed by atoms with Crippen molar-refractivity contribution < 1.29 is 4.79 Å². The van der Waals surface area contributed by atoms with Crippen molar-refractivity contribution >= 4 is 5.91 Å². The summed E-state index contributed by atoms with van der Waals surface area (Å²) in [6.07, 6.45) is 3.59. The first kappa shape index (κ1) is 11.5. The third-order valence-corrected chi connectivity index (χ3v) is 3.14. The highest BCUT2D eigenvalue weighted by atomic mass is 16.2. The second kappa shape index (κ2) is 4.30. The summed E-state index contributed by atoms with van der Waals surface area (Å²) < 4.78 is 0. The molecule has 14 heavy (non-hydrogen) atoms. The van der Waals surface area contributed by atoms with Crippen LogP contribution in [0, 0.1) is 5.41 Å². The fourth-order valence-corrected chi connectivity index (χ4v) is 2.19. The van der Waals surface area contributed by atoms with E-state index in [0.29, 0.717) is 6.04 Å². The van der Waals surface area contributed by atoms with E-state index < -0.39 is 0 Å². The van der Waals surface area contributed by atoms with Gasteiger partial charge in [-0.3, -0.25) is 4.79 Å². The molecule has 3 heteroatoms. The molecule has 1 fully saturated rings. The molecule has 1 aliphatic heterocycles. The minimum Gasteiger partial charge on any atom is -0.348 e. The normalized spacial score (nSPS) is 23.3. The van der Waals surface area contributed by atoms with Crippen molar-refractivity contribution in [1.29, 1.82) is 0 Å². The van der Waals surface area contributed by atoms with Crippen LogP contribution in [-0.2, 0) is 4.79 Å². The van der Waals surface area contributed by atoms with Crippen LogP contribution < -0.4 is 5.32 Å². The Bertz CT molecular complexity index is 205. The number of nitrogens with zero attached hydrogens (tertiary/aromatic N) is 1. The third-order valence-electron chi connectivity index (χ3n) is 3.14. The molecule has 1 N–H and O–H groups in total. The maximum atomic E-state index is 11.9. The van der Waals surface area contributed by atoms with Crippen LogP contribution >= 0.6 is 0 Å². The number of piperidine rings is 1. The Morgan fingerprint density at radius 2 is 2.00 bits per heavy atom. The Hall–Kier alpha value is -0.570. The van der Waals surface area contributed by atoms with Crippen LogP contribution in [0.4, 0.5) is 0 Å². The molecular formula is C11H22N2O. The van der Waals surface area contributed by atoms with Crippen LogP contribution in [0.25, 0.3) is 0 Å². The SMILES string of the molecule is CN(C)C(=O)C(C)(C)C1CCCCN1. The van der Waals surface area contributed by atoms with E-state index in [-0.39, 0.29) is 11.3 Å². The number of hydrogen-bond acceptors (Lipinski definition) is 2. The lowest BCUT2D eigenvalue weighted by atomic mass is 9.79. The zero-order chi connectivity index (χ0) is 10.8. The van der Waals surface area contributed by atoms with Crippen LogP contribution in [0.5, 0.6) is 0 Å². The fraction of sp³-hybridized carbons (Fsp3) is 0.909. The quantitative estimate of drug-likeness (QED) is 0.724. The molecule has 82 valence electrons. The van der Waals surface area contributed by atoms with Crippen molar-refractivity contribution in [3.05, 3.63) is 0 Å². The van der Waals surface area contributed by atoms with Crippen molar-refractivity contribution in [3.8, 4) is 0 Å². The molecule has 1 amide bonds. The van der Waals surface area contributed by atoms with E-state index in [1.54, 1.807) is 4.90 Å². The van der Waals surface area contributed by atoms with Crippen molar-refractivity contribution in [3.63, 3.8) is 0 Å². The number of nitrogens with one attached hydrogen (secondary N) is 1. The summed E-state index contributed by atoms with van der Waals surface area (Å²) in [5.74, 6) is 0.219. The topological polar surface area (TPSA) is 32.3 Å². The van der Waals surface area contributed by atoms with E-state index >= 15 is 0 Å². The van der Waals surface area contributed by atoms with Gasteiger partial charge in [0.25, 0.3) is 0 Å². The lowest BCUT2D eigenvalue weighted by Gasteiger charge is -2.38. The third kappa shape index (κ3) is 2.27. The highest BCUT2D eigenvalue weighted by Gasteiger charge is 2.37. The molecule has 1 aliphatic rings. The molecule has 0 spiro atoms. The minimum absolute atomic E-state index is 0.219. The van der Waals surface area contributed by atoms with Gasteiger partial charge in [-0.1, -0.05) is 6.42 Å². The van der Waals surface area contributed by atoms with Crippen molar-refractivity contribution in [2.45, 2.75) is 39.2 Å². The van der Waals surface area contributed by atoms with Crippen LogP contribution in [0.1, 0.15) is 33.1 Å². The van der Waals surface area contributed by atoms with Gasteiger partial charge >= 0.3 is 0 Å². The number of carbonyl (C=O) groups excluding carboxylic acids is 1. The van der Waals surface area contributed by atoms with E-state index in [1.807, 2.05) is 27.9 Å². The van der Waals surface area contributed by atoms with E-state index in [9.17, 15) is 4.79 Å². The first-order valence-electron chi connectivity index (χ1n) is 5.41. The van der Waals surface area contributed by atoms with Crippen molar-refractivity contribution in [1.82, 2.24) is 10.2 Å². The molecule has 1 heterocycles. The summed E-state index contributed by atoms with van der Waals surface area (Å²) in [5, 5.41) is 3.45. The molecular weight excluding hydrogens is 176 g/mol. The summed E-state index contributed by atoms with van der Waals surface area (Å²) >= 11 is 0. The van der Waals surface area contributed by atoms with Crippen LogP contribution in [0.3, 0.4) is 0 Å². The monoisotopic (exact) mass is 198 g/mol. The molecule has 0 aromatic rings.